The molecule has 0 saturated heterocycles. The number of H-pyrrole nitrogens is 1. The van der Waals surface area contributed by atoms with E-state index in [-0.39, 0.29) is 5.78 Å². The fraction of sp³-hybridized carbons (Fsp3) is 0.471. The smallest absolute Gasteiger partial charge is 0.175 e. The number of carbonyl (C=O) groups is 1. The summed E-state index contributed by atoms with van der Waals surface area (Å²) in [6.07, 6.45) is 0. The summed E-state index contributed by atoms with van der Waals surface area (Å²) in [5.41, 5.74) is 1.46. The van der Waals surface area contributed by atoms with Crippen molar-refractivity contribution in [3.05, 3.63) is 23.9 Å². The van der Waals surface area contributed by atoms with Crippen LogP contribution < -0.4 is 9.47 Å². The second-order valence-corrected chi connectivity index (χ2v) is 4.98. The van der Waals surface area contributed by atoms with Crippen LogP contribution in [0.3, 0.4) is 0 Å². The van der Waals surface area contributed by atoms with Crippen molar-refractivity contribution in [1.29, 1.82) is 0 Å². The van der Waals surface area contributed by atoms with Crippen LogP contribution in [0.15, 0.2) is 18.2 Å². The fourth-order valence-electron chi connectivity index (χ4n) is 1.94. The largest absolute Gasteiger partial charge is 0.493 e. The van der Waals surface area contributed by atoms with Crippen LogP contribution in [0.25, 0.3) is 10.9 Å². The number of likely N-dealkylation sites (N-methyl/N-ethyl adjacent to an activating group) is 1. The van der Waals surface area contributed by atoms with Gasteiger partial charge in [0.1, 0.15) is 6.61 Å². The molecule has 1 N–H and O–H groups in total. The minimum Gasteiger partial charge on any atom is -0.493 e. The molecule has 1 aromatic carbocycles. The lowest BCUT2D eigenvalue weighted by Crippen LogP contribution is -2.19. The van der Waals surface area contributed by atoms with E-state index in [1.54, 1.807) is 7.11 Å². The number of nitrogens with zero attached hydrogens (tertiary/aromatic N) is 1. The van der Waals surface area contributed by atoms with Gasteiger partial charge in [-0.1, -0.05) is 13.8 Å². The number of hydrogen-bond acceptors (Lipinski definition) is 4. The second-order valence-electron chi connectivity index (χ2n) is 4.98. The first-order valence-electron chi connectivity index (χ1n) is 7.50. The lowest BCUT2D eigenvalue weighted by molar-refractivity contribution is 0.101. The molecule has 2 aromatic rings. The standard InChI is InChI=1S/C15H20N2O3.C2H6/c1-10(18)12-7-11-8-15(20-6-5-17(2)3)14(19-4)9-13(11)16-12;1-2/h7-9,16H,5-6H2,1-4H3;1-2H3. The van der Waals surface area contributed by atoms with Gasteiger partial charge in [0.2, 0.25) is 0 Å². The van der Waals surface area contributed by atoms with Crippen LogP contribution in [0, 0.1) is 0 Å². The first-order valence-corrected chi connectivity index (χ1v) is 7.50. The summed E-state index contributed by atoms with van der Waals surface area (Å²) in [6, 6.07) is 5.58. The van der Waals surface area contributed by atoms with E-state index in [0.29, 0.717) is 23.8 Å². The number of rotatable bonds is 6. The number of ether oxygens (including phenoxy) is 2. The highest BCUT2D eigenvalue weighted by atomic mass is 16.5. The number of fused-ring (bicyclic) bond motifs is 1. The number of Topliss-reactive ketones (excluding diaryl/α,β-unsaturated/α-hetero) is 1. The van der Waals surface area contributed by atoms with E-state index in [1.165, 1.54) is 6.92 Å². The van der Waals surface area contributed by atoms with E-state index in [9.17, 15) is 4.79 Å². The molecule has 0 amide bonds. The van der Waals surface area contributed by atoms with Crippen molar-refractivity contribution < 1.29 is 14.3 Å². The summed E-state index contributed by atoms with van der Waals surface area (Å²) in [5.74, 6) is 1.36. The molecule has 0 aliphatic heterocycles. The Balaban J connectivity index is 0.00000116. The van der Waals surface area contributed by atoms with Gasteiger partial charge in [0.25, 0.3) is 0 Å². The molecule has 5 heteroatoms. The Morgan fingerprint density at radius 1 is 1.18 bits per heavy atom. The van der Waals surface area contributed by atoms with Crippen molar-refractivity contribution in [3.63, 3.8) is 0 Å². The minimum atomic E-state index is 0.00948. The van der Waals surface area contributed by atoms with Gasteiger partial charge in [-0.15, -0.1) is 0 Å². The normalized spacial score (nSPS) is 10.3. The van der Waals surface area contributed by atoms with E-state index in [4.69, 9.17) is 9.47 Å². The Bertz CT molecular complexity index is 618. The molecule has 1 heterocycles. The lowest BCUT2D eigenvalue weighted by atomic mass is 10.2. The van der Waals surface area contributed by atoms with Crippen molar-refractivity contribution in [2.45, 2.75) is 20.8 Å². The summed E-state index contributed by atoms with van der Waals surface area (Å²) >= 11 is 0. The average molecular weight is 306 g/mol. The molecule has 0 spiro atoms. The van der Waals surface area contributed by atoms with Gasteiger partial charge >= 0.3 is 0 Å². The van der Waals surface area contributed by atoms with Crippen molar-refractivity contribution in [1.82, 2.24) is 9.88 Å². The van der Waals surface area contributed by atoms with Crippen molar-refractivity contribution in [2.75, 3.05) is 34.4 Å². The summed E-state index contributed by atoms with van der Waals surface area (Å²) in [5, 5.41) is 0.941. The molecule has 0 saturated carbocycles. The summed E-state index contributed by atoms with van der Waals surface area (Å²) < 4.78 is 11.1. The predicted molar refractivity (Wildman–Crippen MR) is 90.3 cm³/mol. The van der Waals surface area contributed by atoms with Crippen LogP contribution in [0.1, 0.15) is 31.3 Å². The Morgan fingerprint density at radius 3 is 2.41 bits per heavy atom. The number of methoxy groups -OCH3 is 1. The first kappa shape index (κ1) is 18.0. The highest BCUT2D eigenvalue weighted by molar-refractivity contribution is 5.98. The monoisotopic (exact) mass is 306 g/mol. The highest BCUT2D eigenvalue weighted by Gasteiger charge is 2.11. The first-order chi connectivity index (χ1) is 10.5. The Labute approximate surface area is 132 Å². The predicted octanol–water partition coefficient (Wildman–Crippen LogP) is 3.35. The second kappa shape index (κ2) is 8.44. The maximum atomic E-state index is 11.4. The fourth-order valence-corrected chi connectivity index (χ4v) is 1.94. The van der Waals surface area contributed by atoms with E-state index >= 15 is 0 Å². The lowest BCUT2D eigenvalue weighted by Gasteiger charge is -2.13. The van der Waals surface area contributed by atoms with Gasteiger partial charge in [-0.3, -0.25) is 4.79 Å². The number of nitrogens with one attached hydrogen (secondary N) is 1. The maximum Gasteiger partial charge on any atom is 0.175 e. The van der Waals surface area contributed by atoms with E-state index in [0.717, 1.165) is 17.4 Å². The molecule has 122 valence electrons. The Kier molecular flexibility index (Phi) is 6.92. The summed E-state index contributed by atoms with van der Waals surface area (Å²) in [7, 11) is 5.60. The van der Waals surface area contributed by atoms with Crippen LogP contribution in [-0.4, -0.2) is 50.0 Å². The van der Waals surface area contributed by atoms with Crippen molar-refractivity contribution in [3.8, 4) is 11.5 Å². The Morgan fingerprint density at radius 2 is 1.86 bits per heavy atom. The molecule has 0 unspecified atom stereocenters. The molecule has 0 fully saturated rings. The van der Waals surface area contributed by atoms with Gasteiger partial charge in [-0.25, -0.2) is 0 Å². The zero-order chi connectivity index (χ0) is 16.7. The van der Waals surface area contributed by atoms with E-state index in [2.05, 4.69) is 9.88 Å². The molecular weight excluding hydrogens is 280 g/mol. The molecule has 22 heavy (non-hydrogen) atoms. The Hall–Kier alpha value is -2.01. The molecule has 0 aliphatic rings. The average Bonchev–Trinajstić information content (AvgIpc) is 2.91. The molecule has 2 rings (SSSR count). The van der Waals surface area contributed by atoms with Crippen LogP contribution in [0.5, 0.6) is 11.5 Å². The number of ketones is 1. The summed E-state index contributed by atoms with van der Waals surface area (Å²) in [4.78, 5) is 16.5. The van der Waals surface area contributed by atoms with Crippen molar-refractivity contribution >= 4 is 16.7 Å². The van der Waals surface area contributed by atoms with Gasteiger partial charge < -0.3 is 19.4 Å². The SMILES string of the molecule is CC.COc1cc2[nH]c(C(C)=O)cc2cc1OCCN(C)C. The zero-order valence-corrected chi connectivity index (χ0v) is 14.3. The highest BCUT2D eigenvalue weighted by Crippen LogP contribution is 2.32. The zero-order valence-electron chi connectivity index (χ0n) is 14.3. The number of carbonyl (C=O) groups excluding carboxylic acids is 1. The van der Waals surface area contributed by atoms with Crippen LogP contribution >= 0.6 is 0 Å². The molecule has 0 bridgehead atoms. The minimum absolute atomic E-state index is 0.00948. The quantitative estimate of drug-likeness (QED) is 0.832. The van der Waals surface area contributed by atoms with Gasteiger partial charge in [0.05, 0.1) is 12.8 Å². The third-order valence-electron chi connectivity index (χ3n) is 3.08. The topological polar surface area (TPSA) is 54.6 Å². The van der Waals surface area contributed by atoms with Gasteiger partial charge in [0.15, 0.2) is 17.3 Å². The molecule has 0 aliphatic carbocycles. The molecule has 0 radical (unpaired) electrons. The molecule has 0 atom stereocenters. The number of benzene rings is 1. The maximum absolute atomic E-state index is 11.4. The molecule has 5 nitrogen and oxygen atoms in total. The van der Waals surface area contributed by atoms with Crippen LogP contribution in [0.4, 0.5) is 0 Å². The molecule has 1 aromatic heterocycles. The number of hydrogen-bond donors (Lipinski definition) is 1. The van der Waals surface area contributed by atoms with Crippen LogP contribution in [0.2, 0.25) is 0 Å². The van der Waals surface area contributed by atoms with Gasteiger partial charge in [0, 0.05) is 30.4 Å². The molecular formula is C17H26N2O3. The van der Waals surface area contributed by atoms with E-state index in [1.807, 2.05) is 46.1 Å². The summed E-state index contributed by atoms with van der Waals surface area (Å²) in [6.45, 7) is 6.95. The van der Waals surface area contributed by atoms with Crippen LogP contribution in [-0.2, 0) is 0 Å². The van der Waals surface area contributed by atoms with Crippen molar-refractivity contribution in [2.24, 2.45) is 0 Å². The van der Waals surface area contributed by atoms with E-state index < -0.39 is 0 Å². The third kappa shape index (κ3) is 4.49. The third-order valence-corrected chi connectivity index (χ3v) is 3.08. The number of aromatic nitrogens is 1. The van der Waals surface area contributed by atoms with Gasteiger partial charge in [-0.05, 0) is 26.2 Å². The van der Waals surface area contributed by atoms with Gasteiger partial charge in [-0.2, -0.15) is 0 Å². The number of aromatic amines is 1.